The van der Waals surface area contributed by atoms with Crippen LogP contribution in [0.4, 0.5) is 0 Å². The Morgan fingerprint density at radius 2 is 1.81 bits per heavy atom. The Bertz CT molecular complexity index is 297. The molecule has 6 heteroatoms. The van der Waals surface area contributed by atoms with Crippen LogP contribution in [0.3, 0.4) is 0 Å². The molecule has 16 heavy (non-hydrogen) atoms. The zero-order valence-electron chi connectivity index (χ0n) is 10.3. The molecule has 1 aliphatic heterocycles. The summed E-state index contributed by atoms with van der Waals surface area (Å²) in [4.78, 5) is 2.27. The largest absolute Gasteiger partial charge is 0.383 e. The second-order valence-corrected chi connectivity index (χ2v) is 6.40. The van der Waals surface area contributed by atoms with Crippen LogP contribution >= 0.6 is 0 Å². The molecule has 0 amide bonds. The van der Waals surface area contributed by atoms with Gasteiger partial charge in [0.2, 0.25) is 10.0 Å². The van der Waals surface area contributed by atoms with Crippen molar-refractivity contribution in [2.45, 2.75) is 19.9 Å². The van der Waals surface area contributed by atoms with Crippen molar-refractivity contribution in [3.8, 4) is 0 Å². The van der Waals surface area contributed by atoms with Crippen molar-refractivity contribution >= 4 is 10.0 Å². The predicted octanol–water partition coefficient (Wildman–Crippen LogP) is -0.0114. The number of sulfonamides is 1. The van der Waals surface area contributed by atoms with E-state index in [2.05, 4.69) is 11.8 Å². The fourth-order valence-corrected chi connectivity index (χ4v) is 3.04. The molecule has 0 aromatic rings. The molecule has 0 aromatic heterocycles. The van der Waals surface area contributed by atoms with Gasteiger partial charge in [-0.25, -0.2) is 8.42 Å². The van der Waals surface area contributed by atoms with Crippen LogP contribution in [-0.4, -0.2) is 69.3 Å². The van der Waals surface area contributed by atoms with Gasteiger partial charge in [0.15, 0.2) is 0 Å². The number of methoxy groups -OCH3 is 1. The molecule has 5 nitrogen and oxygen atoms in total. The first-order valence-corrected chi connectivity index (χ1v) is 7.33. The summed E-state index contributed by atoms with van der Waals surface area (Å²) in [6.45, 7) is 7.28. The fraction of sp³-hybridized carbons (Fsp3) is 1.00. The fourth-order valence-electron chi connectivity index (χ4n) is 1.95. The molecule has 1 aliphatic rings. The number of rotatable bonds is 5. The number of hydrogen-bond donors (Lipinski definition) is 0. The molecule has 0 unspecified atom stereocenters. The Morgan fingerprint density at radius 1 is 1.25 bits per heavy atom. The van der Waals surface area contributed by atoms with E-state index in [0.29, 0.717) is 25.7 Å². The maximum absolute atomic E-state index is 11.6. The quantitative estimate of drug-likeness (QED) is 0.688. The maximum atomic E-state index is 11.6. The Labute approximate surface area is 98.4 Å². The van der Waals surface area contributed by atoms with Crippen LogP contribution in [0.5, 0.6) is 0 Å². The Hall–Kier alpha value is -0.170. The molecule has 0 aromatic carbocycles. The van der Waals surface area contributed by atoms with Gasteiger partial charge in [0.1, 0.15) is 0 Å². The minimum Gasteiger partial charge on any atom is -0.383 e. The second-order valence-electron chi connectivity index (χ2n) is 4.14. The molecular formula is C10H22N2O3S. The van der Waals surface area contributed by atoms with E-state index in [0.717, 1.165) is 13.1 Å². The lowest BCUT2D eigenvalue weighted by atomic mass is 10.2. The first-order valence-electron chi connectivity index (χ1n) is 5.72. The molecule has 0 N–H and O–H groups in total. The van der Waals surface area contributed by atoms with E-state index in [1.807, 2.05) is 0 Å². The number of piperazine rings is 1. The number of hydrogen-bond acceptors (Lipinski definition) is 4. The Kier molecular flexibility index (Phi) is 5.17. The van der Waals surface area contributed by atoms with Gasteiger partial charge >= 0.3 is 0 Å². The van der Waals surface area contributed by atoms with Gasteiger partial charge in [-0.2, -0.15) is 4.31 Å². The second kappa shape index (κ2) is 5.95. The average Bonchev–Trinajstić information content (AvgIpc) is 2.29. The van der Waals surface area contributed by atoms with E-state index in [4.69, 9.17) is 4.74 Å². The summed E-state index contributed by atoms with van der Waals surface area (Å²) in [6, 6.07) is 0.358. The van der Waals surface area contributed by atoms with E-state index < -0.39 is 10.0 Å². The average molecular weight is 250 g/mol. The minimum absolute atomic E-state index is 0.195. The maximum Gasteiger partial charge on any atom is 0.213 e. The first-order chi connectivity index (χ1) is 7.51. The van der Waals surface area contributed by atoms with Crippen molar-refractivity contribution < 1.29 is 13.2 Å². The summed E-state index contributed by atoms with van der Waals surface area (Å²) in [5, 5.41) is 0. The summed E-state index contributed by atoms with van der Waals surface area (Å²) < 4.78 is 30.0. The van der Waals surface area contributed by atoms with Gasteiger partial charge in [0.05, 0.1) is 12.4 Å². The molecule has 96 valence electrons. The van der Waals surface area contributed by atoms with Gasteiger partial charge in [0.25, 0.3) is 0 Å². The highest BCUT2D eigenvalue weighted by molar-refractivity contribution is 7.89. The van der Waals surface area contributed by atoms with E-state index in [9.17, 15) is 8.42 Å². The zero-order valence-corrected chi connectivity index (χ0v) is 11.2. The number of nitrogens with zero attached hydrogens (tertiary/aromatic N) is 2. The minimum atomic E-state index is -3.01. The molecule has 1 heterocycles. The highest BCUT2D eigenvalue weighted by atomic mass is 32.2. The zero-order chi connectivity index (χ0) is 12.2. The van der Waals surface area contributed by atoms with Gasteiger partial charge in [-0.1, -0.05) is 0 Å². The molecule has 1 saturated heterocycles. The highest BCUT2D eigenvalue weighted by Crippen LogP contribution is 2.10. The number of ether oxygens (including phenoxy) is 1. The van der Waals surface area contributed by atoms with Crippen molar-refractivity contribution in [3.63, 3.8) is 0 Å². The van der Waals surface area contributed by atoms with E-state index in [-0.39, 0.29) is 5.75 Å². The smallest absolute Gasteiger partial charge is 0.213 e. The summed E-state index contributed by atoms with van der Waals surface area (Å²) in [6.07, 6.45) is 0. The topological polar surface area (TPSA) is 49.9 Å². The van der Waals surface area contributed by atoms with Gasteiger partial charge in [-0.15, -0.1) is 0 Å². The summed E-state index contributed by atoms with van der Waals surface area (Å²) >= 11 is 0. The molecule has 0 radical (unpaired) electrons. The summed E-state index contributed by atoms with van der Waals surface area (Å²) in [7, 11) is -1.32. The van der Waals surface area contributed by atoms with Crippen molar-refractivity contribution in [3.05, 3.63) is 0 Å². The molecule has 0 spiro atoms. The lowest BCUT2D eigenvalue weighted by Crippen LogP contribution is -2.52. The monoisotopic (exact) mass is 250 g/mol. The molecule has 0 aliphatic carbocycles. The van der Waals surface area contributed by atoms with Crippen LogP contribution in [0, 0.1) is 0 Å². The van der Waals surface area contributed by atoms with Crippen LogP contribution in [0.25, 0.3) is 0 Å². The lowest BCUT2D eigenvalue weighted by Gasteiger charge is -2.37. The van der Waals surface area contributed by atoms with Crippen LogP contribution in [0.1, 0.15) is 13.8 Å². The SMILES string of the molecule is CCS(=O)(=O)N1CCN([C@H](C)COC)CC1. The van der Waals surface area contributed by atoms with Crippen LogP contribution in [0.2, 0.25) is 0 Å². The van der Waals surface area contributed by atoms with Crippen molar-refractivity contribution in [1.82, 2.24) is 9.21 Å². The van der Waals surface area contributed by atoms with Crippen molar-refractivity contribution in [1.29, 1.82) is 0 Å². The van der Waals surface area contributed by atoms with Gasteiger partial charge in [-0.05, 0) is 13.8 Å². The predicted molar refractivity (Wildman–Crippen MR) is 63.9 cm³/mol. The van der Waals surface area contributed by atoms with Gasteiger partial charge in [-0.3, -0.25) is 4.90 Å². The third-order valence-corrected chi connectivity index (χ3v) is 4.94. The Balaban J connectivity index is 2.45. The highest BCUT2D eigenvalue weighted by Gasteiger charge is 2.27. The standard InChI is InChI=1S/C10H22N2O3S/c1-4-16(13,14)12-7-5-11(6-8-12)10(2)9-15-3/h10H,4-9H2,1-3H3/t10-/m1/s1. The third kappa shape index (κ3) is 3.41. The molecular weight excluding hydrogens is 228 g/mol. The van der Waals surface area contributed by atoms with E-state index in [1.54, 1.807) is 18.3 Å². The summed E-state index contributed by atoms with van der Waals surface area (Å²) in [5.74, 6) is 0.195. The van der Waals surface area contributed by atoms with Crippen molar-refractivity contribution in [2.75, 3.05) is 45.6 Å². The first kappa shape index (κ1) is 13.9. The van der Waals surface area contributed by atoms with Gasteiger partial charge in [0, 0.05) is 39.3 Å². The van der Waals surface area contributed by atoms with Crippen LogP contribution in [0.15, 0.2) is 0 Å². The lowest BCUT2D eigenvalue weighted by molar-refractivity contribution is 0.0767. The van der Waals surface area contributed by atoms with E-state index >= 15 is 0 Å². The third-order valence-electron chi connectivity index (χ3n) is 3.06. The van der Waals surface area contributed by atoms with Crippen LogP contribution in [-0.2, 0) is 14.8 Å². The summed E-state index contributed by atoms with van der Waals surface area (Å²) in [5.41, 5.74) is 0. The normalized spacial score (nSPS) is 22.2. The Morgan fingerprint density at radius 3 is 2.25 bits per heavy atom. The molecule has 1 rings (SSSR count). The van der Waals surface area contributed by atoms with Crippen LogP contribution < -0.4 is 0 Å². The molecule has 1 atom stereocenters. The van der Waals surface area contributed by atoms with Gasteiger partial charge < -0.3 is 4.74 Å². The van der Waals surface area contributed by atoms with E-state index in [1.165, 1.54) is 0 Å². The molecule has 0 bridgehead atoms. The van der Waals surface area contributed by atoms with Crippen molar-refractivity contribution in [2.24, 2.45) is 0 Å². The molecule has 1 fully saturated rings. The molecule has 0 saturated carbocycles.